The third-order valence-corrected chi connectivity index (χ3v) is 10.2. The van der Waals surface area contributed by atoms with Crippen molar-refractivity contribution in [1.29, 1.82) is 0 Å². The summed E-state index contributed by atoms with van der Waals surface area (Å²) in [6, 6.07) is 0. The van der Waals surface area contributed by atoms with Crippen LogP contribution in [0.3, 0.4) is 0 Å². The molecular formula is C26H33ClO8. The fourth-order valence-corrected chi connectivity index (χ4v) is 7.95. The first-order chi connectivity index (χ1) is 16.4. The predicted octanol–water partition coefficient (Wildman–Crippen LogP) is 3.67. The van der Waals surface area contributed by atoms with E-state index in [1.165, 1.54) is 13.2 Å². The minimum atomic E-state index is -1.63. The first-order valence-corrected chi connectivity index (χ1v) is 12.5. The molecule has 0 heterocycles. The molecule has 7 atom stereocenters. The molecule has 192 valence electrons. The minimum Gasteiger partial charge on any atom is -0.457 e. The molecule has 4 rings (SSSR count). The molecule has 0 radical (unpaired) electrons. The van der Waals surface area contributed by atoms with Crippen LogP contribution in [0.15, 0.2) is 23.8 Å². The second-order valence-electron chi connectivity index (χ2n) is 10.6. The van der Waals surface area contributed by atoms with Crippen LogP contribution in [0.2, 0.25) is 0 Å². The van der Waals surface area contributed by atoms with Crippen molar-refractivity contribution < 1.29 is 38.5 Å². The molecule has 0 amide bonds. The molecule has 4 aliphatic rings. The van der Waals surface area contributed by atoms with Crippen LogP contribution in [0.25, 0.3) is 0 Å². The monoisotopic (exact) mass is 508 g/mol. The van der Waals surface area contributed by atoms with Crippen molar-refractivity contribution in [3.8, 4) is 0 Å². The van der Waals surface area contributed by atoms with Crippen LogP contribution in [0.1, 0.15) is 59.3 Å². The van der Waals surface area contributed by atoms with Crippen molar-refractivity contribution in [1.82, 2.24) is 0 Å². The second-order valence-corrected chi connectivity index (χ2v) is 11.2. The van der Waals surface area contributed by atoms with Gasteiger partial charge in [-0.1, -0.05) is 32.4 Å². The molecule has 0 bridgehead atoms. The highest BCUT2D eigenvalue weighted by atomic mass is 35.5. The second kappa shape index (κ2) is 8.73. The van der Waals surface area contributed by atoms with Crippen molar-refractivity contribution in [2.75, 3.05) is 13.7 Å². The summed E-state index contributed by atoms with van der Waals surface area (Å²) in [6.45, 7) is 4.89. The SMILES string of the molecule is CCC(=O)OCC(=O)[C@@]1(OC(=O)OC)CC[C@H]2[C@@H]3CCC4=CC(=O)C=C[C@]4(C)[C@@]3(Cl)C(O)C[C@@]21C. The fourth-order valence-electron chi connectivity index (χ4n) is 7.43. The number of carbonyl (C=O) groups is 4. The molecule has 1 N–H and O–H groups in total. The molecule has 0 aliphatic heterocycles. The van der Waals surface area contributed by atoms with E-state index in [1.54, 1.807) is 19.1 Å². The van der Waals surface area contributed by atoms with Gasteiger partial charge < -0.3 is 19.3 Å². The summed E-state index contributed by atoms with van der Waals surface area (Å²) >= 11 is 7.41. The van der Waals surface area contributed by atoms with Crippen LogP contribution >= 0.6 is 11.6 Å². The van der Waals surface area contributed by atoms with Gasteiger partial charge in [-0.3, -0.25) is 14.4 Å². The van der Waals surface area contributed by atoms with Crippen LogP contribution < -0.4 is 0 Å². The van der Waals surface area contributed by atoms with Crippen LogP contribution in [-0.2, 0) is 28.6 Å². The number of halogens is 1. The third-order valence-electron chi connectivity index (χ3n) is 9.29. The number of aliphatic hydroxyl groups excluding tert-OH is 1. The highest BCUT2D eigenvalue weighted by Crippen LogP contribution is 2.71. The largest absolute Gasteiger partial charge is 0.509 e. The Balaban J connectivity index is 1.76. The number of hydrogen-bond donors (Lipinski definition) is 1. The maximum atomic E-state index is 13.6. The molecule has 3 saturated carbocycles. The van der Waals surface area contributed by atoms with Crippen LogP contribution in [0, 0.1) is 22.7 Å². The molecule has 0 saturated heterocycles. The average molecular weight is 509 g/mol. The molecule has 35 heavy (non-hydrogen) atoms. The van der Waals surface area contributed by atoms with Gasteiger partial charge in [-0.05, 0) is 56.1 Å². The van der Waals surface area contributed by atoms with E-state index in [0.29, 0.717) is 19.3 Å². The molecule has 4 aliphatic carbocycles. The number of carbonyl (C=O) groups excluding carboxylic acids is 4. The smallest absolute Gasteiger partial charge is 0.457 e. The Morgan fingerprint density at radius 2 is 1.91 bits per heavy atom. The fraction of sp³-hybridized carbons (Fsp3) is 0.692. The molecule has 0 aromatic heterocycles. The van der Waals surface area contributed by atoms with E-state index in [-0.39, 0.29) is 36.9 Å². The lowest BCUT2D eigenvalue weighted by molar-refractivity contribution is -0.181. The predicted molar refractivity (Wildman–Crippen MR) is 126 cm³/mol. The molecule has 3 fully saturated rings. The van der Waals surface area contributed by atoms with E-state index < -0.39 is 51.9 Å². The van der Waals surface area contributed by atoms with Crippen molar-refractivity contribution in [2.24, 2.45) is 22.7 Å². The molecule has 0 aromatic rings. The van der Waals surface area contributed by atoms with Crippen molar-refractivity contribution >= 4 is 35.3 Å². The molecule has 0 spiro atoms. The molecular weight excluding hydrogens is 476 g/mol. The molecule has 0 aromatic carbocycles. The summed E-state index contributed by atoms with van der Waals surface area (Å²) < 4.78 is 15.6. The van der Waals surface area contributed by atoms with E-state index in [4.69, 9.17) is 25.8 Å². The van der Waals surface area contributed by atoms with Gasteiger partial charge in [0, 0.05) is 17.3 Å². The highest BCUT2D eigenvalue weighted by molar-refractivity contribution is 6.26. The lowest BCUT2D eigenvalue weighted by Gasteiger charge is -2.63. The maximum absolute atomic E-state index is 13.6. The Morgan fingerprint density at radius 1 is 1.20 bits per heavy atom. The number of rotatable bonds is 5. The average Bonchev–Trinajstić information content (AvgIpc) is 3.11. The van der Waals surface area contributed by atoms with Gasteiger partial charge in [-0.2, -0.15) is 0 Å². The zero-order chi connectivity index (χ0) is 25.8. The summed E-state index contributed by atoms with van der Waals surface area (Å²) in [5, 5.41) is 11.7. The van der Waals surface area contributed by atoms with Gasteiger partial charge in [0.1, 0.15) is 0 Å². The number of esters is 1. The summed E-state index contributed by atoms with van der Waals surface area (Å²) in [7, 11) is 1.17. The number of ether oxygens (including phenoxy) is 3. The number of methoxy groups -OCH3 is 1. The zero-order valence-electron chi connectivity index (χ0n) is 20.6. The van der Waals surface area contributed by atoms with Gasteiger partial charge in [-0.15, -0.1) is 11.6 Å². The summed E-state index contributed by atoms with van der Waals surface area (Å²) in [5.74, 6) is -1.54. The van der Waals surface area contributed by atoms with Crippen LogP contribution in [0.5, 0.6) is 0 Å². The Hall–Kier alpha value is -2.19. The Morgan fingerprint density at radius 3 is 2.57 bits per heavy atom. The Labute approximate surface area is 210 Å². The molecule has 1 unspecified atom stereocenters. The van der Waals surface area contributed by atoms with Gasteiger partial charge in [-0.25, -0.2) is 4.79 Å². The Bertz CT molecular complexity index is 1020. The van der Waals surface area contributed by atoms with E-state index in [0.717, 1.165) is 5.57 Å². The number of ketones is 2. The topological polar surface area (TPSA) is 116 Å². The van der Waals surface area contributed by atoms with Crippen molar-refractivity contribution in [3.63, 3.8) is 0 Å². The quantitative estimate of drug-likeness (QED) is 0.441. The lowest BCUT2D eigenvalue weighted by atomic mass is 9.45. The van der Waals surface area contributed by atoms with Crippen molar-refractivity contribution in [3.05, 3.63) is 23.8 Å². The minimum absolute atomic E-state index is 0.0901. The van der Waals surface area contributed by atoms with Gasteiger partial charge in [0.2, 0.25) is 5.78 Å². The molecule has 8 nitrogen and oxygen atoms in total. The van der Waals surface area contributed by atoms with Crippen LogP contribution in [-0.4, -0.2) is 59.1 Å². The number of allylic oxidation sites excluding steroid dienone is 4. The Kier molecular flexibility index (Phi) is 6.46. The molecule has 9 heteroatoms. The maximum Gasteiger partial charge on any atom is 0.509 e. The first-order valence-electron chi connectivity index (χ1n) is 12.2. The summed E-state index contributed by atoms with van der Waals surface area (Å²) in [5.41, 5.74) is -2.43. The lowest BCUT2D eigenvalue weighted by Crippen LogP contribution is -2.69. The van der Waals surface area contributed by atoms with E-state index in [1.807, 2.05) is 13.8 Å². The first kappa shape index (κ1) is 25.9. The van der Waals surface area contributed by atoms with Gasteiger partial charge in [0.15, 0.2) is 18.0 Å². The van der Waals surface area contributed by atoms with Crippen LogP contribution in [0.4, 0.5) is 4.79 Å². The van der Waals surface area contributed by atoms with Crippen molar-refractivity contribution in [2.45, 2.75) is 75.9 Å². The van der Waals surface area contributed by atoms with Gasteiger partial charge in [0.25, 0.3) is 0 Å². The van der Waals surface area contributed by atoms with E-state index in [9.17, 15) is 24.3 Å². The number of aliphatic hydroxyl groups is 1. The summed E-state index contributed by atoms with van der Waals surface area (Å²) in [6.07, 6.45) is 5.05. The number of alkyl halides is 1. The number of fused-ring (bicyclic) bond motifs is 5. The van der Waals surface area contributed by atoms with Gasteiger partial charge in [0.05, 0.1) is 18.1 Å². The third kappa shape index (κ3) is 3.50. The normalized spacial score (nSPS) is 41.7. The number of Topliss-reactive ketones (excluding diaryl/α,β-unsaturated/α-hetero) is 1. The highest BCUT2D eigenvalue weighted by Gasteiger charge is 2.74. The van der Waals surface area contributed by atoms with E-state index in [2.05, 4.69) is 0 Å². The van der Waals surface area contributed by atoms with E-state index >= 15 is 0 Å². The van der Waals surface area contributed by atoms with Gasteiger partial charge >= 0.3 is 12.1 Å². The number of hydrogen-bond acceptors (Lipinski definition) is 8. The summed E-state index contributed by atoms with van der Waals surface area (Å²) in [4.78, 5) is 48.6. The standard InChI is InChI=1S/C26H33ClO8/c1-5-21(31)34-14-20(30)25(35-22(32)33-4)11-9-17-18-7-6-15-12-16(28)8-10-23(15,2)26(18,27)19(29)13-24(17,25)3/h8,10,12,17-19,29H,5-7,9,11,13-14H2,1-4H3/t17-,18-,19?,23-,24-,25-,26-/m0/s1. The zero-order valence-corrected chi connectivity index (χ0v) is 21.4.